The number of urea groups is 1. The van der Waals surface area contributed by atoms with E-state index in [4.69, 9.17) is 5.11 Å². The van der Waals surface area contributed by atoms with E-state index >= 15 is 0 Å². The number of nitrogens with one attached hydrogen (secondary N) is 2. The zero-order valence-electron chi connectivity index (χ0n) is 12.2. The van der Waals surface area contributed by atoms with Crippen molar-refractivity contribution in [3.63, 3.8) is 0 Å². The molecule has 0 saturated heterocycles. The zero-order chi connectivity index (χ0) is 14.5. The Hall–Kier alpha value is -1.26. The SMILES string of the molecule is CCC1(CNC(=O)NC(CC(=O)O)C(C)C)CCC1. The highest BCUT2D eigenvalue weighted by Gasteiger charge is 2.35. The number of hydrogen-bond acceptors (Lipinski definition) is 2. The number of amides is 2. The number of carboxylic acid groups (broad SMARTS) is 1. The molecule has 0 spiro atoms. The van der Waals surface area contributed by atoms with E-state index in [1.807, 2.05) is 13.8 Å². The van der Waals surface area contributed by atoms with Gasteiger partial charge in [0, 0.05) is 12.6 Å². The quantitative estimate of drug-likeness (QED) is 0.664. The summed E-state index contributed by atoms with van der Waals surface area (Å²) in [6.07, 6.45) is 4.63. The molecule has 1 saturated carbocycles. The van der Waals surface area contributed by atoms with Crippen LogP contribution in [0.3, 0.4) is 0 Å². The fourth-order valence-corrected chi connectivity index (χ4v) is 2.46. The lowest BCUT2D eigenvalue weighted by molar-refractivity contribution is -0.137. The maximum Gasteiger partial charge on any atom is 0.315 e. The molecular weight excluding hydrogens is 244 g/mol. The first-order valence-electron chi connectivity index (χ1n) is 7.15. The van der Waals surface area contributed by atoms with Gasteiger partial charge in [0.25, 0.3) is 0 Å². The first-order valence-corrected chi connectivity index (χ1v) is 7.15. The number of rotatable bonds is 7. The van der Waals surface area contributed by atoms with Gasteiger partial charge in [0.1, 0.15) is 0 Å². The van der Waals surface area contributed by atoms with Crippen LogP contribution in [-0.4, -0.2) is 29.7 Å². The first kappa shape index (κ1) is 15.8. The van der Waals surface area contributed by atoms with Crippen LogP contribution in [0.1, 0.15) is 52.9 Å². The summed E-state index contributed by atoms with van der Waals surface area (Å²) in [5.74, 6) is -0.784. The zero-order valence-corrected chi connectivity index (χ0v) is 12.2. The summed E-state index contributed by atoms with van der Waals surface area (Å²) in [5.41, 5.74) is 0.275. The van der Waals surface area contributed by atoms with Crippen LogP contribution in [-0.2, 0) is 4.79 Å². The van der Waals surface area contributed by atoms with Gasteiger partial charge >= 0.3 is 12.0 Å². The Labute approximate surface area is 115 Å². The van der Waals surface area contributed by atoms with Crippen molar-refractivity contribution < 1.29 is 14.7 Å². The second kappa shape index (κ2) is 6.78. The molecule has 19 heavy (non-hydrogen) atoms. The summed E-state index contributed by atoms with van der Waals surface area (Å²) in [6.45, 7) is 6.66. The van der Waals surface area contributed by atoms with E-state index < -0.39 is 5.97 Å². The molecule has 1 aliphatic rings. The van der Waals surface area contributed by atoms with Crippen LogP contribution in [0.4, 0.5) is 4.79 Å². The molecule has 0 heterocycles. The molecule has 0 aromatic carbocycles. The standard InChI is InChI=1S/C14H26N2O3/c1-4-14(6-5-7-14)9-15-13(19)16-11(10(2)3)8-12(17)18/h10-11H,4-9H2,1-3H3,(H,17,18)(H2,15,16,19). The molecule has 1 fully saturated rings. The second-order valence-corrected chi connectivity index (χ2v) is 5.98. The van der Waals surface area contributed by atoms with Crippen molar-refractivity contribution in [2.24, 2.45) is 11.3 Å². The van der Waals surface area contributed by atoms with E-state index in [0.29, 0.717) is 6.54 Å². The highest BCUT2D eigenvalue weighted by Crippen LogP contribution is 2.42. The van der Waals surface area contributed by atoms with Gasteiger partial charge < -0.3 is 15.7 Å². The molecule has 1 rings (SSSR count). The predicted octanol–water partition coefficient (Wildman–Crippen LogP) is 2.37. The highest BCUT2D eigenvalue weighted by molar-refractivity contribution is 5.75. The van der Waals surface area contributed by atoms with Crippen molar-refractivity contribution in [3.8, 4) is 0 Å². The molecule has 110 valence electrons. The van der Waals surface area contributed by atoms with Gasteiger partial charge in [-0.25, -0.2) is 4.79 Å². The summed E-state index contributed by atoms with van der Waals surface area (Å²) in [7, 11) is 0. The van der Waals surface area contributed by atoms with Crippen LogP contribution < -0.4 is 10.6 Å². The minimum absolute atomic E-state index is 0.0377. The van der Waals surface area contributed by atoms with Gasteiger partial charge in [-0.15, -0.1) is 0 Å². The minimum atomic E-state index is -0.886. The Morgan fingerprint density at radius 2 is 1.95 bits per heavy atom. The molecule has 0 aliphatic heterocycles. The van der Waals surface area contributed by atoms with E-state index in [9.17, 15) is 9.59 Å². The largest absolute Gasteiger partial charge is 0.481 e. The van der Waals surface area contributed by atoms with Gasteiger partial charge in [0.15, 0.2) is 0 Å². The second-order valence-electron chi connectivity index (χ2n) is 5.98. The van der Waals surface area contributed by atoms with Crippen molar-refractivity contribution >= 4 is 12.0 Å². The van der Waals surface area contributed by atoms with Gasteiger partial charge in [0.2, 0.25) is 0 Å². The highest BCUT2D eigenvalue weighted by atomic mass is 16.4. The van der Waals surface area contributed by atoms with Crippen molar-refractivity contribution in [1.29, 1.82) is 0 Å². The number of aliphatic carboxylic acids is 1. The third kappa shape index (κ3) is 4.73. The number of carboxylic acids is 1. The monoisotopic (exact) mass is 270 g/mol. The maximum atomic E-state index is 11.8. The fraction of sp³-hybridized carbons (Fsp3) is 0.857. The van der Waals surface area contributed by atoms with E-state index in [0.717, 1.165) is 6.42 Å². The molecule has 0 aromatic heterocycles. The van der Waals surface area contributed by atoms with Gasteiger partial charge in [0.05, 0.1) is 6.42 Å². The number of hydrogen-bond donors (Lipinski definition) is 3. The first-order chi connectivity index (χ1) is 8.88. The number of carbonyl (C=O) groups excluding carboxylic acids is 1. The summed E-state index contributed by atoms with van der Waals surface area (Å²) < 4.78 is 0. The lowest BCUT2D eigenvalue weighted by Crippen LogP contribution is -2.49. The van der Waals surface area contributed by atoms with Crippen molar-refractivity contribution in [3.05, 3.63) is 0 Å². The van der Waals surface area contributed by atoms with Crippen LogP contribution >= 0.6 is 0 Å². The Morgan fingerprint density at radius 3 is 2.32 bits per heavy atom. The van der Waals surface area contributed by atoms with Crippen LogP contribution in [0, 0.1) is 11.3 Å². The van der Waals surface area contributed by atoms with Crippen molar-refractivity contribution in [2.45, 2.75) is 58.9 Å². The van der Waals surface area contributed by atoms with Crippen LogP contribution in [0.5, 0.6) is 0 Å². The average Bonchev–Trinajstić information content (AvgIpc) is 2.26. The topological polar surface area (TPSA) is 78.4 Å². The van der Waals surface area contributed by atoms with Crippen molar-refractivity contribution in [2.75, 3.05) is 6.54 Å². The number of carbonyl (C=O) groups is 2. The van der Waals surface area contributed by atoms with Crippen LogP contribution in [0.15, 0.2) is 0 Å². The molecule has 5 heteroatoms. The third-order valence-corrected chi connectivity index (χ3v) is 4.30. The summed E-state index contributed by atoms with van der Waals surface area (Å²) in [4.78, 5) is 22.6. The van der Waals surface area contributed by atoms with E-state index in [-0.39, 0.29) is 29.8 Å². The normalized spacial score (nSPS) is 18.5. The summed E-state index contributed by atoms with van der Waals surface area (Å²) >= 11 is 0. The maximum absolute atomic E-state index is 11.8. The van der Waals surface area contributed by atoms with Gasteiger partial charge in [-0.2, -0.15) is 0 Å². The lowest BCUT2D eigenvalue weighted by atomic mass is 9.67. The molecular formula is C14H26N2O3. The Bertz CT molecular complexity index is 319. The van der Waals surface area contributed by atoms with Crippen LogP contribution in [0.25, 0.3) is 0 Å². The Balaban J connectivity index is 2.38. The third-order valence-electron chi connectivity index (χ3n) is 4.30. The van der Waals surface area contributed by atoms with Crippen molar-refractivity contribution in [1.82, 2.24) is 10.6 Å². The molecule has 1 unspecified atom stereocenters. The van der Waals surface area contributed by atoms with Gasteiger partial charge in [-0.05, 0) is 30.6 Å². The van der Waals surface area contributed by atoms with Gasteiger partial charge in [-0.1, -0.05) is 27.2 Å². The fourth-order valence-electron chi connectivity index (χ4n) is 2.46. The molecule has 3 N–H and O–H groups in total. The predicted molar refractivity (Wildman–Crippen MR) is 74.0 cm³/mol. The molecule has 1 atom stereocenters. The van der Waals surface area contributed by atoms with Crippen LogP contribution in [0.2, 0.25) is 0 Å². The van der Waals surface area contributed by atoms with E-state index in [1.54, 1.807) is 0 Å². The summed E-state index contributed by atoms with van der Waals surface area (Å²) in [6, 6.07) is -0.573. The smallest absolute Gasteiger partial charge is 0.315 e. The molecule has 1 aliphatic carbocycles. The minimum Gasteiger partial charge on any atom is -0.481 e. The van der Waals surface area contributed by atoms with Gasteiger partial charge in [-0.3, -0.25) is 4.79 Å². The van der Waals surface area contributed by atoms with E-state index in [2.05, 4.69) is 17.6 Å². The Morgan fingerprint density at radius 1 is 1.32 bits per heavy atom. The summed E-state index contributed by atoms with van der Waals surface area (Å²) in [5, 5.41) is 14.5. The molecule has 0 aromatic rings. The average molecular weight is 270 g/mol. The van der Waals surface area contributed by atoms with E-state index in [1.165, 1.54) is 19.3 Å². The molecule has 2 amide bonds. The molecule has 0 radical (unpaired) electrons. The molecule has 5 nitrogen and oxygen atoms in total. The Kier molecular flexibility index (Phi) is 5.63. The molecule has 0 bridgehead atoms. The lowest BCUT2D eigenvalue weighted by Gasteiger charge is -2.41.